The molecule has 0 amide bonds. The number of para-hydroxylation sites is 1. The van der Waals surface area contributed by atoms with Crippen LogP contribution in [-0.4, -0.2) is 14.0 Å². The van der Waals surface area contributed by atoms with Gasteiger partial charge in [-0.2, -0.15) is 0 Å². The fraction of sp³-hybridized carbons (Fsp3) is 0.111. The van der Waals surface area contributed by atoms with Crippen LogP contribution < -0.4 is 10.3 Å². The number of rotatable bonds is 6. The largest absolute Gasteiger partial charge is 0.489 e. The van der Waals surface area contributed by atoms with Gasteiger partial charge in [0.05, 0.1) is 12.2 Å². The summed E-state index contributed by atoms with van der Waals surface area (Å²) in [6.45, 7) is 3.04. The van der Waals surface area contributed by atoms with Crippen molar-refractivity contribution in [3.63, 3.8) is 0 Å². The molecule has 5 nitrogen and oxygen atoms in total. The van der Waals surface area contributed by atoms with Gasteiger partial charge in [0.25, 0.3) is 5.56 Å². The molecule has 5 rings (SSSR count). The van der Waals surface area contributed by atoms with Crippen LogP contribution in [0.25, 0.3) is 17.0 Å². The van der Waals surface area contributed by atoms with Gasteiger partial charge in [-0.05, 0) is 42.3 Å². The molecule has 0 aliphatic heterocycles. The van der Waals surface area contributed by atoms with Gasteiger partial charge in [-0.25, -0.2) is 4.98 Å². The Bertz CT molecular complexity index is 1450. The smallest absolute Gasteiger partial charge is 0.259 e. The Kier molecular flexibility index (Phi) is 5.71. The number of nitrogens with zero attached hydrogens (tertiary/aromatic N) is 3. The molecule has 0 bridgehead atoms. The molecule has 0 unspecified atom stereocenters. The van der Waals surface area contributed by atoms with E-state index in [1.54, 1.807) is 16.7 Å². The van der Waals surface area contributed by atoms with Crippen molar-refractivity contribution in [3.8, 4) is 17.0 Å². The molecule has 2 aromatic heterocycles. The molecular formula is C27H22ClN3O2. The lowest BCUT2D eigenvalue weighted by Gasteiger charge is -2.13. The highest BCUT2D eigenvalue weighted by atomic mass is 35.5. The van der Waals surface area contributed by atoms with Crippen molar-refractivity contribution in [2.75, 3.05) is 0 Å². The van der Waals surface area contributed by atoms with E-state index in [2.05, 4.69) is 28.8 Å². The Balaban J connectivity index is 1.41. The maximum atomic E-state index is 12.6. The summed E-state index contributed by atoms with van der Waals surface area (Å²) in [7, 11) is 0. The van der Waals surface area contributed by atoms with Crippen LogP contribution in [0.1, 0.15) is 16.8 Å². The van der Waals surface area contributed by atoms with E-state index in [1.165, 1.54) is 0 Å². The Morgan fingerprint density at radius 2 is 1.61 bits per heavy atom. The molecule has 0 saturated heterocycles. The molecule has 0 atom stereocenters. The molecule has 3 aromatic carbocycles. The first kappa shape index (κ1) is 21.0. The fourth-order valence-electron chi connectivity index (χ4n) is 3.77. The number of imidazole rings is 1. The summed E-state index contributed by atoms with van der Waals surface area (Å²) >= 11 is 6.01. The third-order valence-corrected chi connectivity index (χ3v) is 5.83. The van der Waals surface area contributed by atoms with Gasteiger partial charge < -0.3 is 9.30 Å². The van der Waals surface area contributed by atoms with E-state index in [-0.39, 0.29) is 5.56 Å². The second-order valence-corrected chi connectivity index (χ2v) is 8.37. The van der Waals surface area contributed by atoms with Crippen molar-refractivity contribution < 1.29 is 4.74 Å². The van der Waals surface area contributed by atoms with E-state index in [1.807, 2.05) is 61.5 Å². The molecule has 5 aromatic rings. The zero-order valence-corrected chi connectivity index (χ0v) is 18.9. The first-order valence-electron chi connectivity index (χ1n) is 10.7. The standard InChI is InChI=1S/C27H22ClN3O2/c1-19-15-26(32)31-17-25(22-11-13-23(28)14-12-22)29-27(31)30(19)16-20-7-9-21(10-8-20)18-33-24-5-3-2-4-6-24/h2-15,17H,16,18H2,1H3. The Morgan fingerprint density at radius 1 is 0.909 bits per heavy atom. The topological polar surface area (TPSA) is 48.5 Å². The molecule has 6 heteroatoms. The normalized spacial score (nSPS) is 11.1. The van der Waals surface area contributed by atoms with E-state index < -0.39 is 0 Å². The molecule has 0 aliphatic rings. The molecule has 164 valence electrons. The summed E-state index contributed by atoms with van der Waals surface area (Å²) in [5.74, 6) is 1.46. The van der Waals surface area contributed by atoms with Gasteiger partial charge in [-0.15, -0.1) is 0 Å². The highest BCUT2D eigenvalue weighted by molar-refractivity contribution is 6.30. The Labute approximate surface area is 196 Å². The van der Waals surface area contributed by atoms with Gasteiger partial charge in [-0.1, -0.05) is 66.2 Å². The van der Waals surface area contributed by atoms with Crippen molar-refractivity contribution >= 4 is 17.4 Å². The van der Waals surface area contributed by atoms with Crippen LogP contribution in [-0.2, 0) is 13.2 Å². The minimum atomic E-state index is -0.0973. The fourth-order valence-corrected chi connectivity index (χ4v) is 3.89. The molecule has 0 fully saturated rings. The van der Waals surface area contributed by atoms with Gasteiger partial charge in [0.2, 0.25) is 5.78 Å². The average Bonchev–Trinajstić information content (AvgIpc) is 3.28. The Morgan fingerprint density at radius 3 is 2.33 bits per heavy atom. The summed E-state index contributed by atoms with van der Waals surface area (Å²) < 4.78 is 9.48. The molecular weight excluding hydrogens is 434 g/mol. The molecule has 0 radical (unpaired) electrons. The number of hydrogen-bond donors (Lipinski definition) is 0. The van der Waals surface area contributed by atoms with Gasteiger partial charge in [0.15, 0.2) is 0 Å². The SMILES string of the molecule is Cc1cc(=O)n2cc(-c3ccc(Cl)cc3)nc2n1Cc1ccc(COc2ccccc2)cc1. The predicted molar refractivity (Wildman–Crippen MR) is 131 cm³/mol. The summed E-state index contributed by atoms with van der Waals surface area (Å²) in [4.78, 5) is 17.4. The first-order chi connectivity index (χ1) is 16.1. The second kappa shape index (κ2) is 8.96. The van der Waals surface area contributed by atoms with Gasteiger partial charge >= 0.3 is 0 Å². The van der Waals surface area contributed by atoms with Crippen LogP contribution in [0.3, 0.4) is 0 Å². The van der Waals surface area contributed by atoms with E-state index in [0.717, 1.165) is 33.8 Å². The van der Waals surface area contributed by atoms with Crippen LogP contribution in [0.2, 0.25) is 5.02 Å². The average molecular weight is 456 g/mol. The summed E-state index contributed by atoms with van der Waals surface area (Å²) in [6, 6.07) is 27.2. The lowest BCUT2D eigenvalue weighted by molar-refractivity contribution is 0.306. The second-order valence-electron chi connectivity index (χ2n) is 7.93. The van der Waals surface area contributed by atoms with Crippen molar-refractivity contribution in [1.82, 2.24) is 14.0 Å². The highest BCUT2D eigenvalue weighted by Crippen LogP contribution is 2.22. The molecule has 0 aliphatic carbocycles. The van der Waals surface area contributed by atoms with Crippen LogP contribution in [0.4, 0.5) is 0 Å². The molecule has 2 heterocycles. The predicted octanol–water partition coefficient (Wildman–Crippen LogP) is 5.75. The lowest BCUT2D eigenvalue weighted by Crippen LogP contribution is -2.19. The first-order valence-corrected chi connectivity index (χ1v) is 11.1. The van der Waals surface area contributed by atoms with Crippen LogP contribution >= 0.6 is 11.6 Å². The number of aromatic nitrogens is 3. The van der Waals surface area contributed by atoms with E-state index in [0.29, 0.717) is 24.0 Å². The zero-order valence-electron chi connectivity index (χ0n) is 18.1. The van der Waals surface area contributed by atoms with Gasteiger partial charge in [-0.3, -0.25) is 9.20 Å². The molecule has 0 N–H and O–H groups in total. The monoisotopic (exact) mass is 455 g/mol. The van der Waals surface area contributed by atoms with E-state index in [4.69, 9.17) is 21.3 Å². The lowest BCUT2D eigenvalue weighted by atomic mass is 10.1. The van der Waals surface area contributed by atoms with Gasteiger partial charge in [0.1, 0.15) is 12.4 Å². The number of halogens is 1. The maximum absolute atomic E-state index is 12.6. The van der Waals surface area contributed by atoms with Crippen LogP contribution in [0.15, 0.2) is 95.9 Å². The van der Waals surface area contributed by atoms with Gasteiger partial charge in [0, 0.05) is 28.5 Å². The number of fused-ring (bicyclic) bond motifs is 1. The van der Waals surface area contributed by atoms with Crippen molar-refractivity contribution in [2.24, 2.45) is 0 Å². The number of ether oxygens (including phenoxy) is 1. The van der Waals surface area contributed by atoms with E-state index in [9.17, 15) is 4.79 Å². The van der Waals surface area contributed by atoms with Crippen LogP contribution in [0.5, 0.6) is 5.75 Å². The quantitative estimate of drug-likeness (QED) is 0.327. The minimum absolute atomic E-state index is 0.0973. The number of benzene rings is 3. The number of hydrogen-bond acceptors (Lipinski definition) is 3. The van der Waals surface area contributed by atoms with Crippen molar-refractivity contribution in [2.45, 2.75) is 20.1 Å². The Hall–Kier alpha value is -3.83. The van der Waals surface area contributed by atoms with Crippen LogP contribution in [0, 0.1) is 6.92 Å². The zero-order chi connectivity index (χ0) is 22.8. The third kappa shape index (κ3) is 4.54. The maximum Gasteiger partial charge on any atom is 0.259 e. The summed E-state index contributed by atoms with van der Waals surface area (Å²) in [6.07, 6.45) is 1.78. The van der Waals surface area contributed by atoms with Crippen molar-refractivity contribution in [1.29, 1.82) is 0 Å². The van der Waals surface area contributed by atoms with E-state index >= 15 is 0 Å². The molecule has 33 heavy (non-hydrogen) atoms. The molecule has 0 spiro atoms. The highest BCUT2D eigenvalue weighted by Gasteiger charge is 2.12. The summed E-state index contributed by atoms with van der Waals surface area (Å²) in [5, 5.41) is 0.663. The molecule has 0 saturated carbocycles. The van der Waals surface area contributed by atoms with Crippen molar-refractivity contribution in [3.05, 3.63) is 123 Å². The summed E-state index contributed by atoms with van der Waals surface area (Å²) in [5.41, 5.74) is 4.61. The third-order valence-electron chi connectivity index (χ3n) is 5.58. The number of aryl methyl sites for hydroxylation is 1. The minimum Gasteiger partial charge on any atom is -0.489 e.